The maximum Gasteiger partial charge on any atom is 0.335 e. The summed E-state index contributed by atoms with van der Waals surface area (Å²) >= 11 is 0. The second-order valence-corrected chi connectivity index (χ2v) is 11.4. The van der Waals surface area contributed by atoms with E-state index >= 15 is 0 Å². The third-order valence-corrected chi connectivity index (χ3v) is 8.39. The zero-order valence-electron chi connectivity index (χ0n) is 26.0. The Morgan fingerprint density at radius 1 is 0.930 bits per heavy atom. The van der Waals surface area contributed by atoms with Crippen LogP contribution in [0.25, 0.3) is 16.7 Å². The number of methoxy groups -OCH3 is 1. The number of benzene rings is 3. The molecule has 1 aliphatic rings. The summed E-state index contributed by atoms with van der Waals surface area (Å²) in [5.41, 5.74) is 10.3. The van der Waals surface area contributed by atoms with E-state index in [4.69, 9.17) is 14.6 Å². The van der Waals surface area contributed by atoms with E-state index in [9.17, 15) is 4.79 Å². The molecule has 3 aromatic rings. The molecule has 0 bridgehead atoms. The highest BCUT2D eigenvalue weighted by atomic mass is 16.5. The van der Waals surface area contributed by atoms with E-state index in [-0.39, 0.29) is 18.1 Å². The van der Waals surface area contributed by atoms with Crippen LogP contribution in [0.2, 0.25) is 0 Å². The first-order valence-corrected chi connectivity index (χ1v) is 15.6. The molecule has 0 amide bonds. The molecule has 3 aromatic carbocycles. The van der Waals surface area contributed by atoms with Gasteiger partial charge < -0.3 is 14.6 Å². The van der Waals surface area contributed by atoms with Crippen LogP contribution in [0.5, 0.6) is 0 Å². The largest absolute Gasteiger partial charge is 0.462 e. The standard InChI is InChI=1S/C39H46O4/c1-5-7-8-9-30-22-23-37(24-29(30)6-2)35-18-14-33(15-19-35)31-10-12-32(13-11-31)34-16-20-36(21-17-34)38(26-42-4)27-43-39(41)28(3)25-40/h10-18,20-24,35,38,40H,3,5-9,19,25-27H2,1-2,4H3. The summed E-state index contributed by atoms with van der Waals surface area (Å²) in [5, 5.41) is 9.09. The van der Waals surface area contributed by atoms with Gasteiger partial charge in [-0.05, 0) is 70.2 Å². The van der Waals surface area contributed by atoms with Gasteiger partial charge in [0.25, 0.3) is 0 Å². The summed E-state index contributed by atoms with van der Waals surface area (Å²) in [5.74, 6) is -0.269. The number of hydrogen-bond acceptors (Lipinski definition) is 4. The average Bonchev–Trinajstić information content (AvgIpc) is 3.06. The topological polar surface area (TPSA) is 55.8 Å². The minimum atomic E-state index is -0.587. The maximum absolute atomic E-state index is 11.9. The number of rotatable bonds is 15. The molecule has 4 heteroatoms. The van der Waals surface area contributed by atoms with Crippen molar-refractivity contribution in [2.45, 2.75) is 64.2 Å². The van der Waals surface area contributed by atoms with Gasteiger partial charge >= 0.3 is 5.97 Å². The summed E-state index contributed by atoms with van der Waals surface area (Å²) < 4.78 is 10.7. The number of aliphatic hydroxyl groups excluding tert-OH is 1. The fourth-order valence-corrected chi connectivity index (χ4v) is 5.68. The van der Waals surface area contributed by atoms with Crippen molar-refractivity contribution in [2.75, 3.05) is 26.9 Å². The van der Waals surface area contributed by atoms with Gasteiger partial charge in [0.05, 0.1) is 18.8 Å². The van der Waals surface area contributed by atoms with E-state index in [1.165, 1.54) is 53.5 Å². The smallest absolute Gasteiger partial charge is 0.335 e. The van der Waals surface area contributed by atoms with Gasteiger partial charge in [-0.1, -0.05) is 118 Å². The van der Waals surface area contributed by atoms with Crippen LogP contribution in [-0.2, 0) is 27.1 Å². The van der Waals surface area contributed by atoms with Crippen LogP contribution in [0.15, 0.2) is 97.1 Å². The normalized spacial score (nSPS) is 15.2. The number of esters is 1. The third kappa shape index (κ3) is 8.65. The van der Waals surface area contributed by atoms with Crippen molar-refractivity contribution < 1.29 is 19.4 Å². The molecule has 226 valence electrons. The Hall–Kier alpha value is -3.73. The van der Waals surface area contributed by atoms with Gasteiger partial charge in [-0.2, -0.15) is 0 Å². The van der Waals surface area contributed by atoms with Gasteiger partial charge in [0, 0.05) is 18.9 Å². The fraction of sp³-hybridized carbons (Fsp3) is 0.359. The molecule has 1 N–H and O–H groups in total. The molecule has 43 heavy (non-hydrogen) atoms. The number of unbranched alkanes of at least 4 members (excludes halogenated alkanes) is 2. The zero-order valence-corrected chi connectivity index (χ0v) is 26.0. The molecule has 0 aliphatic heterocycles. The number of aliphatic hydroxyl groups is 1. The van der Waals surface area contributed by atoms with Crippen molar-refractivity contribution in [3.63, 3.8) is 0 Å². The van der Waals surface area contributed by atoms with Gasteiger partial charge in [0.1, 0.15) is 6.61 Å². The number of carbonyl (C=O) groups excluding carboxylic acids is 1. The Kier molecular flexibility index (Phi) is 12.1. The number of hydrogen-bond donors (Lipinski definition) is 1. The molecule has 0 fully saturated rings. The van der Waals surface area contributed by atoms with E-state index in [1.807, 2.05) is 0 Å². The van der Waals surface area contributed by atoms with Crippen LogP contribution in [0.3, 0.4) is 0 Å². The van der Waals surface area contributed by atoms with Crippen molar-refractivity contribution in [3.05, 3.63) is 125 Å². The quantitative estimate of drug-likeness (QED) is 0.111. The number of carbonyl (C=O) groups is 1. The average molecular weight is 579 g/mol. The number of aryl methyl sites for hydroxylation is 2. The van der Waals surface area contributed by atoms with Crippen molar-refractivity contribution >= 4 is 11.5 Å². The molecule has 0 saturated carbocycles. The lowest BCUT2D eigenvalue weighted by Gasteiger charge is -2.19. The van der Waals surface area contributed by atoms with Crippen LogP contribution in [0, 0.1) is 0 Å². The first-order chi connectivity index (χ1) is 21.0. The molecule has 2 atom stereocenters. The Bertz CT molecular complexity index is 1410. The summed E-state index contributed by atoms with van der Waals surface area (Å²) in [7, 11) is 1.63. The van der Waals surface area contributed by atoms with Crippen LogP contribution in [-0.4, -0.2) is 38.0 Å². The summed E-state index contributed by atoms with van der Waals surface area (Å²) in [6.45, 7) is 8.22. The molecule has 0 saturated heterocycles. The summed E-state index contributed by atoms with van der Waals surface area (Å²) in [6.07, 6.45) is 14.1. The monoisotopic (exact) mass is 578 g/mol. The molecule has 0 radical (unpaired) electrons. The number of allylic oxidation sites excluding steroid dienone is 4. The van der Waals surface area contributed by atoms with E-state index in [0.29, 0.717) is 12.5 Å². The highest BCUT2D eigenvalue weighted by Gasteiger charge is 2.17. The van der Waals surface area contributed by atoms with E-state index in [2.05, 4.69) is 105 Å². The van der Waals surface area contributed by atoms with Crippen LogP contribution < -0.4 is 0 Å². The van der Waals surface area contributed by atoms with Gasteiger partial charge in [-0.25, -0.2) is 4.79 Å². The second kappa shape index (κ2) is 16.2. The Morgan fingerprint density at radius 3 is 2.23 bits per heavy atom. The van der Waals surface area contributed by atoms with E-state index < -0.39 is 12.6 Å². The van der Waals surface area contributed by atoms with Crippen molar-refractivity contribution in [1.29, 1.82) is 0 Å². The summed E-state index contributed by atoms with van der Waals surface area (Å²) in [6, 6.07) is 24.2. The molecular formula is C39H46O4. The highest BCUT2D eigenvalue weighted by molar-refractivity contribution is 5.87. The van der Waals surface area contributed by atoms with Crippen molar-refractivity contribution in [3.8, 4) is 11.1 Å². The van der Waals surface area contributed by atoms with Gasteiger partial charge in [-0.15, -0.1) is 0 Å². The lowest BCUT2D eigenvalue weighted by atomic mass is 9.86. The minimum Gasteiger partial charge on any atom is -0.462 e. The SMILES string of the molecule is C=C(CO)C(=O)OCC(COC)c1ccc(-c2ccc(C3=CCC(c4ccc(CCCCC)c(CC)c4)C=C3)cc2)cc1. The number of ether oxygens (including phenoxy) is 2. The first kappa shape index (κ1) is 32.2. The van der Waals surface area contributed by atoms with Crippen molar-refractivity contribution in [2.24, 2.45) is 0 Å². The first-order valence-electron chi connectivity index (χ1n) is 15.6. The van der Waals surface area contributed by atoms with E-state index in [1.54, 1.807) is 7.11 Å². The Balaban J connectivity index is 1.38. The molecule has 4 rings (SSSR count). The Morgan fingerprint density at radius 2 is 1.63 bits per heavy atom. The maximum atomic E-state index is 11.9. The fourth-order valence-electron chi connectivity index (χ4n) is 5.68. The van der Waals surface area contributed by atoms with E-state index in [0.717, 1.165) is 29.5 Å². The molecule has 0 aromatic heterocycles. The Labute approximate surface area is 257 Å². The molecular weight excluding hydrogens is 532 g/mol. The predicted molar refractivity (Wildman–Crippen MR) is 177 cm³/mol. The lowest BCUT2D eigenvalue weighted by molar-refractivity contribution is -0.140. The second-order valence-electron chi connectivity index (χ2n) is 11.4. The molecule has 0 spiro atoms. The zero-order chi connectivity index (χ0) is 30.6. The molecule has 0 heterocycles. The summed E-state index contributed by atoms with van der Waals surface area (Å²) in [4.78, 5) is 11.9. The minimum absolute atomic E-state index is 0.0441. The lowest BCUT2D eigenvalue weighted by Crippen LogP contribution is -2.18. The van der Waals surface area contributed by atoms with Crippen LogP contribution in [0.4, 0.5) is 0 Å². The van der Waals surface area contributed by atoms with Crippen LogP contribution in [0.1, 0.15) is 79.2 Å². The molecule has 1 aliphatic carbocycles. The van der Waals surface area contributed by atoms with Gasteiger partial charge in [-0.3, -0.25) is 0 Å². The highest BCUT2D eigenvalue weighted by Crippen LogP contribution is 2.33. The van der Waals surface area contributed by atoms with Gasteiger partial charge in [0.2, 0.25) is 0 Å². The molecule has 2 unspecified atom stereocenters. The predicted octanol–water partition coefficient (Wildman–Crippen LogP) is 8.60. The van der Waals surface area contributed by atoms with Crippen LogP contribution >= 0.6 is 0 Å². The third-order valence-electron chi connectivity index (χ3n) is 8.39. The van der Waals surface area contributed by atoms with Crippen molar-refractivity contribution in [1.82, 2.24) is 0 Å². The van der Waals surface area contributed by atoms with Gasteiger partial charge in [0.15, 0.2) is 0 Å². The molecule has 4 nitrogen and oxygen atoms in total.